The molecule has 1 aliphatic carbocycles. The number of hydrogen-bond donors (Lipinski definition) is 2. The van der Waals surface area contributed by atoms with Gasteiger partial charge in [-0.25, -0.2) is 18.4 Å². The molecule has 8 nitrogen and oxygen atoms in total. The monoisotopic (exact) mass is 401 g/mol. The fourth-order valence-electron chi connectivity index (χ4n) is 2.62. The average Bonchev–Trinajstić information content (AvgIpc) is 3.16. The van der Waals surface area contributed by atoms with Crippen LogP contribution in [0.4, 0.5) is 11.6 Å². The van der Waals surface area contributed by atoms with Gasteiger partial charge in [0.1, 0.15) is 10.0 Å². The van der Waals surface area contributed by atoms with E-state index in [4.69, 9.17) is 5.14 Å². The molecule has 1 fully saturated rings. The summed E-state index contributed by atoms with van der Waals surface area (Å²) in [6.45, 7) is 1.90. The Balaban J connectivity index is 1.68. The van der Waals surface area contributed by atoms with Crippen molar-refractivity contribution in [3.63, 3.8) is 0 Å². The molecular weight excluding hydrogens is 384 g/mol. The molecule has 3 N–H and O–H groups in total. The van der Waals surface area contributed by atoms with Gasteiger partial charge in [-0.05, 0) is 31.9 Å². The molecule has 0 saturated heterocycles. The molecule has 0 amide bonds. The minimum Gasteiger partial charge on any atom is -0.323 e. The predicted octanol–water partition coefficient (Wildman–Crippen LogP) is 3.55. The van der Waals surface area contributed by atoms with Gasteiger partial charge in [0.25, 0.3) is 10.0 Å². The summed E-state index contributed by atoms with van der Waals surface area (Å²) >= 11 is 0.975. The van der Waals surface area contributed by atoms with E-state index in [9.17, 15) is 8.42 Å². The Kier molecular flexibility index (Phi) is 4.54. The number of allylic oxidation sites excluding steroid dienone is 1. The fourth-order valence-corrected chi connectivity index (χ4v) is 4.26. The summed E-state index contributed by atoms with van der Waals surface area (Å²) in [4.78, 5) is 9.46. The molecule has 0 spiro atoms. The van der Waals surface area contributed by atoms with Crippen molar-refractivity contribution in [3.05, 3.63) is 41.7 Å². The summed E-state index contributed by atoms with van der Waals surface area (Å²) in [5, 5.41) is 17.7. The van der Waals surface area contributed by atoms with Crippen molar-refractivity contribution in [2.75, 3.05) is 5.32 Å². The first-order chi connectivity index (χ1) is 12.9. The second-order valence-electron chi connectivity index (χ2n) is 6.23. The van der Waals surface area contributed by atoms with Gasteiger partial charge in [-0.2, -0.15) is 5.10 Å². The van der Waals surface area contributed by atoms with Gasteiger partial charge in [0.05, 0.1) is 4.88 Å². The Labute approximate surface area is 160 Å². The molecule has 0 unspecified atom stereocenters. The highest BCUT2D eigenvalue weighted by Gasteiger charge is 2.25. The molecule has 1 aliphatic rings. The van der Waals surface area contributed by atoms with Gasteiger partial charge in [-0.3, -0.25) is 5.10 Å². The lowest BCUT2D eigenvalue weighted by Gasteiger charge is -2.07. The van der Waals surface area contributed by atoms with Crippen LogP contribution in [0.5, 0.6) is 0 Å². The zero-order chi connectivity index (χ0) is 19.0. The molecule has 27 heavy (non-hydrogen) atoms. The van der Waals surface area contributed by atoms with Crippen LogP contribution in [0.25, 0.3) is 16.8 Å². The van der Waals surface area contributed by atoms with E-state index in [0.717, 1.165) is 22.6 Å². The number of aromatic amines is 1. The lowest BCUT2D eigenvalue weighted by molar-refractivity contribution is 0.598. The first-order valence-electron chi connectivity index (χ1n) is 8.36. The molecule has 10 heteroatoms. The van der Waals surface area contributed by atoms with Gasteiger partial charge in [0, 0.05) is 29.4 Å². The molecule has 3 aromatic heterocycles. The quantitative estimate of drug-likeness (QED) is 0.651. The molecule has 0 aromatic carbocycles. The smallest absolute Gasteiger partial charge is 0.263 e. The minimum atomic E-state index is -3.99. The van der Waals surface area contributed by atoms with Crippen molar-refractivity contribution in [1.29, 1.82) is 0 Å². The van der Waals surface area contributed by atoms with E-state index in [1.54, 1.807) is 12.3 Å². The van der Waals surface area contributed by atoms with Gasteiger partial charge in [-0.1, -0.05) is 12.2 Å². The lowest BCUT2D eigenvalue weighted by atomic mass is 10.2. The van der Waals surface area contributed by atoms with Crippen LogP contribution in [-0.2, 0) is 10.0 Å². The molecule has 0 atom stereocenters. The van der Waals surface area contributed by atoms with E-state index < -0.39 is 10.0 Å². The van der Waals surface area contributed by atoms with Gasteiger partial charge >= 0.3 is 0 Å². The van der Waals surface area contributed by atoms with Crippen molar-refractivity contribution >= 4 is 39.1 Å². The molecule has 0 aliphatic heterocycles. The Morgan fingerprint density at radius 1 is 1.37 bits per heavy atom. The number of nitrogens with one attached hydrogen (secondary N) is 3. The summed E-state index contributed by atoms with van der Waals surface area (Å²) in [6.07, 6.45) is 7.81. The average molecular weight is 401 g/mol. The van der Waals surface area contributed by atoms with E-state index >= 15 is 0 Å². The van der Waals surface area contributed by atoms with Gasteiger partial charge < -0.3 is 5.32 Å². The van der Waals surface area contributed by atoms with Gasteiger partial charge in [0.2, 0.25) is 0 Å². The van der Waals surface area contributed by atoms with E-state index in [2.05, 4.69) is 25.5 Å². The summed E-state index contributed by atoms with van der Waals surface area (Å²) in [5.41, 5.74) is 1.91. The van der Waals surface area contributed by atoms with Crippen molar-refractivity contribution in [2.24, 2.45) is 0 Å². The van der Waals surface area contributed by atoms with Crippen LogP contribution in [0.2, 0.25) is 0 Å². The summed E-state index contributed by atoms with van der Waals surface area (Å²) in [5.74, 6) is 2.22. The third-order valence-electron chi connectivity index (χ3n) is 4.09. The first-order valence-corrected chi connectivity index (χ1v) is 10.7. The lowest BCUT2D eigenvalue weighted by Crippen LogP contribution is -2.00. The van der Waals surface area contributed by atoms with Crippen molar-refractivity contribution in [3.8, 4) is 10.7 Å². The topological polar surface area (TPSA) is 124 Å². The van der Waals surface area contributed by atoms with Crippen molar-refractivity contribution in [1.82, 2.24) is 25.3 Å². The first kappa shape index (κ1) is 17.8. The molecule has 0 bridgehead atoms. The number of hydrogen-bond acceptors (Lipinski definition) is 7. The predicted molar refractivity (Wildman–Crippen MR) is 104 cm³/mol. The second kappa shape index (κ2) is 6.87. The maximum absolute atomic E-state index is 11.4. The normalized spacial score (nSPS) is 14.7. The Bertz CT molecular complexity index is 1110. The summed E-state index contributed by atoms with van der Waals surface area (Å²) in [6, 6.07) is 4.99. The van der Waals surface area contributed by atoms with Crippen molar-refractivity contribution in [2.45, 2.75) is 29.9 Å². The minimum absolute atomic E-state index is 0.0329. The van der Waals surface area contributed by atoms with Crippen LogP contribution in [0.15, 0.2) is 34.7 Å². The third-order valence-corrected chi connectivity index (χ3v) is 6.54. The standard InChI is InChI=1S/C17H17N6O2S2/c1-2-3-11-9-19-17(13-6-7-15(26-13)27(18,24)25)21-16(11)20-14-8-12(22-23-14)10-4-5-10/h2-3,6-10,18H,4-5H2,1H3,(H2,19,20,21,22,23)/b3-2-. The highest BCUT2D eigenvalue weighted by Crippen LogP contribution is 2.39. The van der Waals surface area contributed by atoms with Gasteiger partial charge in [0.15, 0.2) is 11.6 Å². The highest BCUT2D eigenvalue weighted by molar-refractivity contribution is 7.91. The number of aromatic nitrogens is 4. The molecule has 3 aromatic rings. The largest absolute Gasteiger partial charge is 0.323 e. The van der Waals surface area contributed by atoms with E-state index in [-0.39, 0.29) is 4.21 Å². The zero-order valence-electron chi connectivity index (χ0n) is 14.4. The number of H-pyrrole nitrogens is 1. The molecule has 1 radical (unpaired) electrons. The Morgan fingerprint density at radius 3 is 2.85 bits per heavy atom. The Hall–Kier alpha value is -2.56. The number of rotatable bonds is 6. The number of anilines is 2. The zero-order valence-corrected chi connectivity index (χ0v) is 16.1. The highest BCUT2D eigenvalue weighted by atomic mass is 32.2. The molecule has 4 rings (SSSR count). The van der Waals surface area contributed by atoms with Crippen LogP contribution in [0.3, 0.4) is 0 Å². The maximum Gasteiger partial charge on any atom is 0.263 e. The van der Waals surface area contributed by atoms with Gasteiger partial charge in [-0.15, -0.1) is 16.5 Å². The molecule has 1 saturated carbocycles. The second-order valence-corrected chi connectivity index (χ2v) is 9.02. The van der Waals surface area contributed by atoms with Crippen LogP contribution >= 0.6 is 11.3 Å². The SMILES string of the molecule is C/C=C\c1cnc(-c2ccc(S([NH])(=O)=O)s2)nc1Nc1cc(C2CC2)[nH]n1. The van der Waals surface area contributed by atoms with Crippen LogP contribution < -0.4 is 10.5 Å². The molecule has 139 valence electrons. The summed E-state index contributed by atoms with van der Waals surface area (Å²) < 4.78 is 22.7. The third kappa shape index (κ3) is 3.92. The van der Waals surface area contributed by atoms with E-state index in [0.29, 0.717) is 28.3 Å². The van der Waals surface area contributed by atoms with E-state index in [1.165, 1.54) is 18.9 Å². The Morgan fingerprint density at radius 2 is 2.19 bits per heavy atom. The van der Waals surface area contributed by atoms with Crippen LogP contribution in [-0.4, -0.2) is 28.6 Å². The maximum atomic E-state index is 11.4. The summed E-state index contributed by atoms with van der Waals surface area (Å²) in [7, 11) is -3.99. The van der Waals surface area contributed by atoms with Crippen molar-refractivity contribution < 1.29 is 8.42 Å². The number of thiophene rings is 1. The van der Waals surface area contributed by atoms with E-state index in [1.807, 2.05) is 25.1 Å². The van der Waals surface area contributed by atoms with Crippen LogP contribution in [0.1, 0.15) is 36.9 Å². The van der Waals surface area contributed by atoms with Crippen LogP contribution in [0, 0.1) is 0 Å². The number of nitrogens with zero attached hydrogens (tertiary/aromatic N) is 3. The fraction of sp³-hybridized carbons (Fsp3) is 0.235. The molecule has 3 heterocycles. The molecular formula is C17H17N6O2S2. The number of sulfonamides is 1.